The molecule has 1 aliphatic heterocycles. The van der Waals surface area contributed by atoms with Gasteiger partial charge in [-0.2, -0.15) is 0 Å². The zero-order chi connectivity index (χ0) is 17.5. The van der Waals surface area contributed by atoms with Crippen molar-refractivity contribution in [3.05, 3.63) is 23.8 Å². The maximum Gasteiger partial charge on any atom is 0.161 e. The van der Waals surface area contributed by atoms with Crippen molar-refractivity contribution in [2.75, 3.05) is 40.4 Å². The molecule has 0 atom stereocenters. The molecule has 5 heteroatoms. The van der Waals surface area contributed by atoms with Crippen LogP contribution < -0.4 is 9.47 Å². The molecule has 0 amide bonds. The van der Waals surface area contributed by atoms with Crippen LogP contribution in [0.15, 0.2) is 18.2 Å². The van der Waals surface area contributed by atoms with Crippen LogP contribution in [0.4, 0.5) is 0 Å². The molecule has 1 fully saturated rings. The molecule has 0 spiro atoms. The molecule has 1 heterocycles. The number of aliphatic hydroxyl groups is 1. The second kappa shape index (κ2) is 9.25. The summed E-state index contributed by atoms with van der Waals surface area (Å²) in [6.45, 7) is 7.99. The van der Waals surface area contributed by atoms with Crippen LogP contribution in [0.3, 0.4) is 0 Å². The molecule has 0 aromatic heterocycles. The number of methoxy groups -OCH3 is 1. The van der Waals surface area contributed by atoms with E-state index in [4.69, 9.17) is 9.47 Å². The summed E-state index contributed by atoms with van der Waals surface area (Å²) in [5.74, 6) is 1.55. The zero-order valence-corrected chi connectivity index (χ0v) is 15.5. The van der Waals surface area contributed by atoms with Crippen LogP contribution in [0.25, 0.3) is 0 Å². The molecule has 0 saturated carbocycles. The third-order valence-electron chi connectivity index (χ3n) is 4.57. The van der Waals surface area contributed by atoms with Crippen molar-refractivity contribution in [1.29, 1.82) is 0 Å². The lowest BCUT2D eigenvalue weighted by Crippen LogP contribution is -2.44. The molecular weight excluding hydrogens is 304 g/mol. The monoisotopic (exact) mass is 336 g/mol. The number of rotatable bonds is 8. The van der Waals surface area contributed by atoms with Crippen molar-refractivity contribution >= 4 is 0 Å². The fourth-order valence-electron chi connectivity index (χ4n) is 3.28. The first-order chi connectivity index (χ1) is 11.5. The van der Waals surface area contributed by atoms with E-state index in [0.29, 0.717) is 12.6 Å². The van der Waals surface area contributed by atoms with Crippen LogP contribution in [0, 0.1) is 0 Å². The third kappa shape index (κ3) is 5.36. The van der Waals surface area contributed by atoms with Crippen molar-refractivity contribution < 1.29 is 14.6 Å². The van der Waals surface area contributed by atoms with Gasteiger partial charge >= 0.3 is 0 Å². The van der Waals surface area contributed by atoms with Crippen molar-refractivity contribution in [2.45, 2.75) is 45.4 Å². The average Bonchev–Trinajstić information content (AvgIpc) is 2.56. The fraction of sp³-hybridized carbons (Fsp3) is 0.684. The molecule has 0 bridgehead atoms. The molecule has 0 unspecified atom stereocenters. The number of ether oxygens (including phenoxy) is 2. The van der Waals surface area contributed by atoms with Crippen LogP contribution in [0.5, 0.6) is 11.5 Å². The Morgan fingerprint density at radius 1 is 1.25 bits per heavy atom. The van der Waals surface area contributed by atoms with Gasteiger partial charge in [-0.25, -0.2) is 0 Å². The Labute approximate surface area is 146 Å². The number of nitrogens with zero attached hydrogens (tertiary/aromatic N) is 2. The van der Waals surface area contributed by atoms with Gasteiger partial charge in [-0.1, -0.05) is 6.07 Å². The molecule has 2 rings (SSSR count). The maximum atomic E-state index is 9.44. The SMILES string of the molecule is COc1cc(CN(CCO)C2CCN(C)CC2)ccc1OC(C)C. The number of benzene rings is 1. The molecule has 1 aromatic rings. The number of hydrogen-bond acceptors (Lipinski definition) is 5. The molecule has 136 valence electrons. The Morgan fingerprint density at radius 2 is 1.96 bits per heavy atom. The van der Waals surface area contributed by atoms with E-state index >= 15 is 0 Å². The van der Waals surface area contributed by atoms with E-state index in [0.717, 1.165) is 44.0 Å². The summed E-state index contributed by atoms with van der Waals surface area (Å²) in [5, 5.41) is 9.44. The van der Waals surface area contributed by atoms with Gasteiger partial charge in [0.1, 0.15) is 0 Å². The lowest BCUT2D eigenvalue weighted by atomic mass is 10.0. The molecule has 1 N–H and O–H groups in total. The highest BCUT2D eigenvalue weighted by atomic mass is 16.5. The van der Waals surface area contributed by atoms with Gasteiger partial charge in [-0.05, 0) is 64.5 Å². The lowest BCUT2D eigenvalue weighted by molar-refractivity contribution is 0.0940. The van der Waals surface area contributed by atoms with Gasteiger partial charge in [0, 0.05) is 19.1 Å². The average molecular weight is 336 g/mol. The normalized spacial score (nSPS) is 16.8. The van der Waals surface area contributed by atoms with E-state index in [1.165, 1.54) is 5.56 Å². The maximum absolute atomic E-state index is 9.44. The second-order valence-electron chi connectivity index (χ2n) is 6.88. The predicted octanol–water partition coefficient (Wildman–Crippen LogP) is 2.37. The molecule has 1 saturated heterocycles. The summed E-state index contributed by atoms with van der Waals surface area (Å²) in [6.07, 6.45) is 2.43. The van der Waals surface area contributed by atoms with Gasteiger partial charge < -0.3 is 19.5 Å². The molecule has 5 nitrogen and oxygen atoms in total. The number of aliphatic hydroxyl groups excluding tert-OH is 1. The highest BCUT2D eigenvalue weighted by Gasteiger charge is 2.23. The van der Waals surface area contributed by atoms with E-state index in [-0.39, 0.29) is 12.7 Å². The van der Waals surface area contributed by atoms with Crippen molar-refractivity contribution in [1.82, 2.24) is 9.80 Å². The van der Waals surface area contributed by atoms with Crippen molar-refractivity contribution in [3.63, 3.8) is 0 Å². The fourth-order valence-corrected chi connectivity index (χ4v) is 3.28. The van der Waals surface area contributed by atoms with Crippen molar-refractivity contribution in [3.8, 4) is 11.5 Å². The molecule has 1 aromatic carbocycles. The summed E-state index contributed by atoms with van der Waals surface area (Å²) in [6, 6.07) is 6.67. The first-order valence-corrected chi connectivity index (χ1v) is 8.90. The smallest absolute Gasteiger partial charge is 0.161 e. The topological polar surface area (TPSA) is 45.2 Å². The van der Waals surface area contributed by atoms with Gasteiger partial charge in [0.15, 0.2) is 11.5 Å². The first-order valence-electron chi connectivity index (χ1n) is 8.90. The Balaban J connectivity index is 2.08. The van der Waals surface area contributed by atoms with E-state index in [2.05, 4.69) is 29.0 Å². The minimum atomic E-state index is 0.120. The molecular formula is C19H32N2O3. The van der Waals surface area contributed by atoms with Crippen molar-refractivity contribution in [2.24, 2.45) is 0 Å². The zero-order valence-electron chi connectivity index (χ0n) is 15.5. The summed E-state index contributed by atoms with van der Waals surface area (Å²) in [7, 11) is 3.85. The second-order valence-corrected chi connectivity index (χ2v) is 6.88. The Kier molecular flexibility index (Phi) is 7.34. The van der Waals surface area contributed by atoms with E-state index < -0.39 is 0 Å². The minimum Gasteiger partial charge on any atom is -0.493 e. The first kappa shape index (κ1) is 19.0. The summed E-state index contributed by atoms with van der Waals surface area (Å²) < 4.78 is 11.3. The van der Waals surface area contributed by atoms with E-state index in [9.17, 15) is 5.11 Å². The van der Waals surface area contributed by atoms with Gasteiger partial charge in [-0.15, -0.1) is 0 Å². The molecule has 24 heavy (non-hydrogen) atoms. The van der Waals surface area contributed by atoms with Crippen LogP contribution in [-0.2, 0) is 6.54 Å². The summed E-state index contributed by atoms with van der Waals surface area (Å²) in [5.41, 5.74) is 1.19. The largest absolute Gasteiger partial charge is 0.493 e. The Bertz CT molecular complexity index is 499. The molecule has 0 aliphatic carbocycles. The van der Waals surface area contributed by atoms with Crippen LogP contribution in [0.2, 0.25) is 0 Å². The van der Waals surface area contributed by atoms with Crippen LogP contribution in [-0.4, -0.2) is 67.5 Å². The number of hydrogen-bond donors (Lipinski definition) is 1. The third-order valence-corrected chi connectivity index (χ3v) is 4.57. The number of piperidine rings is 1. The predicted molar refractivity (Wildman–Crippen MR) is 96.8 cm³/mol. The Hall–Kier alpha value is -1.30. The lowest BCUT2D eigenvalue weighted by Gasteiger charge is -2.37. The summed E-state index contributed by atoms with van der Waals surface area (Å²) >= 11 is 0. The van der Waals surface area contributed by atoms with Gasteiger partial charge in [0.25, 0.3) is 0 Å². The molecule has 1 aliphatic rings. The summed E-state index contributed by atoms with van der Waals surface area (Å²) in [4.78, 5) is 4.76. The number of likely N-dealkylation sites (tertiary alicyclic amines) is 1. The quantitative estimate of drug-likeness (QED) is 0.790. The highest BCUT2D eigenvalue weighted by Crippen LogP contribution is 2.30. The van der Waals surface area contributed by atoms with Gasteiger partial charge in [-0.3, -0.25) is 4.90 Å². The van der Waals surface area contributed by atoms with Crippen LogP contribution >= 0.6 is 0 Å². The molecule has 0 radical (unpaired) electrons. The minimum absolute atomic E-state index is 0.120. The Morgan fingerprint density at radius 3 is 2.54 bits per heavy atom. The highest BCUT2D eigenvalue weighted by molar-refractivity contribution is 5.43. The standard InChI is InChI=1S/C19H32N2O3/c1-15(2)24-18-6-5-16(13-19(18)23-4)14-21(11-12-22)17-7-9-20(3)10-8-17/h5-6,13,15,17,22H,7-12,14H2,1-4H3. The van der Waals surface area contributed by atoms with E-state index in [1.54, 1.807) is 7.11 Å². The van der Waals surface area contributed by atoms with Gasteiger partial charge in [0.05, 0.1) is 19.8 Å². The van der Waals surface area contributed by atoms with E-state index in [1.807, 2.05) is 19.9 Å². The van der Waals surface area contributed by atoms with Crippen LogP contribution in [0.1, 0.15) is 32.3 Å². The van der Waals surface area contributed by atoms with Gasteiger partial charge in [0.2, 0.25) is 0 Å².